The average molecular weight is 352 g/mol. The molecule has 0 atom stereocenters. The Kier molecular flexibility index (Phi) is 5.46. The van der Waals surface area contributed by atoms with Crippen molar-refractivity contribution in [3.8, 4) is 5.75 Å². The van der Waals surface area contributed by atoms with E-state index in [1.807, 2.05) is 25.1 Å². The zero-order valence-corrected chi connectivity index (χ0v) is 15.1. The Hall–Kier alpha value is -2.66. The fourth-order valence-corrected chi connectivity index (χ4v) is 3.55. The third-order valence-corrected chi connectivity index (χ3v) is 5.05. The van der Waals surface area contributed by atoms with E-state index in [2.05, 4.69) is 22.4 Å². The van der Waals surface area contributed by atoms with Gasteiger partial charge >= 0.3 is 0 Å². The second-order valence-electron chi connectivity index (χ2n) is 5.69. The van der Waals surface area contributed by atoms with Gasteiger partial charge in [0.1, 0.15) is 10.8 Å². The maximum atomic E-state index is 12.2. The molecule has 0 aliphatic rings. The molecule has 0 fully saturated rings. The number of carbonyl (C=O) groups is 1. The number of ether oxygens (including phenoxy) is 1. The Morgan fingerprint density at radius 2 is 1.84 bits per heavy atom. The highest BCUT2D eigenvalue weighted by Gasteiger charge is 2.10. The van der Waals surface area contributed by atoms with Gasteiger partial charge in [-0.05, 0) is 36.8 Å². The zero-order chi connectivity index (χ0) is 17.6. The highest BCUT2D eigenvalue weighted by atomic mass is 32.1. The van der Waals surface area contributed by atoms with Gasteiger partial charge < -0.3 is 10.1 Å². The van der Waals surface area contributed by atoms with E-state index in [0.29, 0.717) is 12.1 Å². The highest BCUT2D eigenvalue weighted by molar-refractivity contribution is 7.11. The first-order chi connectivity index (χ1) is 12.2. The third kappa shape index (κ3) is 4.45. The van der Waals surface area contributed by atoms with E-state index in [9.17, 15) is 4.79 Å². The Morgan fingerprint density at radius 1 is 1.12 bits per heavy atom. The van der Waals surface area contributed by atoms with Crippen LogP contribution in [-0.2, 0) is 13.0 Å². The summed E-state index contributed by atoms with van der Waals surface area (Å²) in [7, 11) is 1.60. The number of methoxy groups -OCH3 is 1. The molecule has 2 aromatic carbocycles. The van der Waals surface area contributed by atoms with Gasteiger partial charge in [0.15, 0.2) is 0 Å². The molecule has 0 aliphatic heterocycles. The molecule has 3 rings (SSSR count). The van der Waals surface area contributed by atoms with Crippen molar-refractivity contribution in [3.63, 3.8) is 0 Å². The fourth-order valence-electron chi connectivity index (χ4n) is 2.51. The van der Waals surface area contributed by atoms with E-state index in [4.69, 9.17) is 4.74 Å². The van der Waals surface area contributed by atoms with Crippen molar-refractivity contribution in [1.29, 1.82) is 0 Å². The topological polar surface area (TPSA) is 51.2 Å². The Balaban J connectivity index is 1.61. The summed E-state index contributed by atoms with van der Waals surface area (Å²) in [5.41, 5.74) is 2.91. The molecule has 1 aromatic heterocycles. The second-order valence-corrected chi connectivity index (χ2v) is 6.86. The lowest BCUT2D eigenvalue weighted by Gasteiger charge is -2.04. The third-order valence-electron chi connectivity index (χ3n) is 3.90. The van der Waals surface area contributed by atoms with Crippen LogP contribution in [0.5, 0.6) is 5.75 Å². The molecule has 0 unspecified atom stereocenters. The Labute approximate surface area is 151 Å². The van der Waals surface area contributed by atoms with Gasteiger partial charge in [-0.1, -0.05) is 30.3 Å². The number of hydrogen-bond acceptors (Lipinski definition) is 4. The van der Waals surface area contributed by atoms with Gasteiger partial charge in [-0.2, -0.15) is 0 Å². The summed E-state index contributed by atoms with van der Waals surface area (Å²) in [5, 5.41) is 3.85. The summed E-state index contributed by atoms with van der Waals surface area (Å²) in [6.45, 7) is 2.45. The van der Waals surface area contributed by atoms with Crippen LogP contribution in [0.4, 0.5) is 0 Å². The molecule has 0 saturated carbocycles. The molecule has 1 heterocycles. The minimum atomic E-state index is -0.111. The van der Waals surface area contributed by atoms with Gasteiger partial charge in [-0.25, -0.2) is 4.98 Å². The van der Waals surface area contributed by atoms with Crippen LogP contribution in [0, 0.1) is 6.92 Å². The molecule has 0 bridgehead atoms. The number of hydrogen-bond donors (Lipinski definition) is 1. The SMILES string of the molecule is COc1ccc(C(=O)NCc2nc(C)c(Cc3ccccc3)s2)cc1. The quantitative estimate of drug-likeness (QED) is 0.730. The van der Waals surface area contributed by atoms with E-state index in [1.54, 1.807) is 42.7 Å². The summed E-state index contributed by atoms with van der Waals surface area (Å²) in [6.07, 6.45) is 0.872. The lowest BCUT2D eigenvalue weighted by Crippen LogP contribution is -2.22. The first kappa shape index (κ1) is 17.2. The fraction of sp³-hybridized carbons (Fsp3) is 0.200. The molecule has 0 saturated heterocycles. The van der Waals surface area contributed by atoms with Gasteiger partial charge in [0.2, 0.25) is 0 Å². The Bertz CT molecular complexity index is 842. The first-order valence-electron chi connectivity index (χ1n) is 8.07. The molecule has 1 N–H and O–H groups in total. The van der Waals surface area contributed by atoms with Crippen LogP contribution in [0.2, 0.25) is 0 Å². The van der Waals surface area contributed by atoms with Crippen LogP contribution < -0.4 is 10.1 Å². The number of rotatable bonds is 6. The zero-order valence-electron chi connectivity index (χ0n) is 14.3. The normalized spacial score (nSPS) is 10.5. The van der Waals surface area contributed by atoms with Crippen molar-refractivity contribution >= 4 is 17.2 Å². The van der Waals surface area contributed by atoms with Crippen molar-refractivity contribution in [3.05, 3.63) is 81.3 Å². The maximum Gasteiger partial charge on any atom is 0.251 e. The number of nitrogens with one attached hydrogen (secondary N) is 1. The number of aryl methyl sites for hydroxylation is 1. The van der Waals surface area contributed by atoms with E-state index in [0.717, 1.165) is 22.9 Å². The number of benzene rings is 2. The van der Waals surface area contributed by atoms with Gasteiger partial charge in [-0.15, -0.1) is 11.3 Å². The molecule has 4 nitrogen and oxygen atoms in total. The van der Waals surface area contributed by atoms with Crippen molar-refractivity contribution in [2.75, 3.05) is 7.11 Å². The lowest BCUT2D eigenvalue weighted by atomic mass is 10.1. The number of nitrogens with zero attached hydrogens (tertiary/aromatic N) is 1. The van der Waals surface area contributed by atoms with Crippen molar-refractivity contribution in [1.82, 2.24) is 10.3 Å². The summed E-state index contributed by atoms with van der Waals surface area (Å²) >= 11 is 1.65. The highest BCUT2D eigenvalue weighted by Crippen LogP contribution is 2.21. The molecule has 1 amide bonds. The summed E-state index contributed by atoms with van der Waals surface area (Å²) in [5.74, 6) is 0.623. The second kappa shape index (κ2) is 7.94. The average Bonchev–Trinajstić information content (AvgIpc) is 3.00. The van der Waals surface area contributed by atoms with Crippen molar-refractivity contribution < 1.29 is 9.53 Å². The molecule has 5 heteroatoms. The number of thiazole rings is 1. The van der Waals surface area contributed by atoms with Crippen molar-refractivity contribution in [2.24, 2.45) is 0 Å². The molecule has 0 spiro atoms. The molecular weight excluding hydrogens is 332 g/mol. The van der Waals surface area contributed by atoms with Gasteiger partial charge in [0, 0.05) is 16.9 Å². The summed E-state index contributed by atoms with van der Waals surface area (Å²) < 4.78 is 5.10. The van der Waals surface area contributed by atoms with Gasteiger partial charge in [0.25, 0.3) is 5.91 Å². The molecule has 3 aromatic rings. The molecular formula is C20H20N2O2S. The number of carbonyl (C=O) groups excluding carboxylic acids is 1. The first-order valence-corrected chi connectivity index (χ1v) is 8.88. The predicted molar refractivity (Wildman–Crippen MR) is 100 cm³/mol. The summed E-state index contributed by atoms with van der Waals surface area (Å²) in [6, 6.07) is 17.4. The van der Waals surface area contributed by atoms with E-state index in [-0.39, 0.29) is 5.91 Å². The number of amides is 1. The minimum absolute atomic E-state index is 0.111. The predicted octanol–water partition coefficient (Wildman–Crippen LogP) is 3.98. The minimum Gasteiger partial charge on any atom is -0.497 e. The molecule has 25 heavy (non-hydrogen) atoms. The van der Waals surface area contributed by atoms with E-state index < -0.39 is 0 Å². The lowest BCUT2D eigenvalue weighted by molar-refractivity contribution is 0.0951. The summed E-state index contributed by atoms with van der Waals surface area (Å²) in [4.78, 5) is 18.0. The van der Waals surface area contributed by atoms with Crippen LogP contribution in [0.15, 0.2) is 54.6 Å². The molecule has 0 radical (unpaired) electrons. The van der Waals surface area contributed by atoms with Crippen LogP contribution in [0.25, 0.3) is 0 Å². The van der Waals surface area contributed by atoms with Gasteiger partial charge in [0.05, 0.1) is 19.3 Å². The standard InChI is InChI=1S/C20H20N2O2S/c1-14-18(12-15-6-4-3-5-7-15)25-19(22-14)13-21-20(23)16-8-10-17(24-2)11-9-16/h3-11H,12-13H2,1-2H3,(H,21,23). The van der Waals surface area contributed by atoms with Crippen LogP contribution in [-0.4, -0.2) is 18.0 Å². The van der Waals surface area contributed by atoms with Crippen molar-refractivity contribution in [2.45, 2.75) is 19.9 Å². The van der Waals surface area contributed by atoms with Crippen LogP contribution >= 0.6 is 11.3 Å². The molecule has 128 valence electrons. The smallest absolute Gasteiger partial charge is 0.251 e. The number of aromatic nitrogens is 1. The van der Waals surface area contributed by atoms with E-state index in [1.165, 1.54) is 10.4 Å². The largest absolute Gasteiger partial charge is 0.497 e. The van der Waals surface area contributed by atoms with Crippen LogP contribution in [0.1, 0.15) is 31.5 Å². The van der Waals surface area contributed by atoms with E-state index >= 15 is 0 Å². The maximum absolute atomic E-state index is 12.2. The molecule has 0 aliphatic carbocycles. The van der Waals surface area contributed by atoms with Crippen LogP contribution in [0.3, 0.4) is 0 Å². The van der Waals surface area contributed by atoms with Gasteiger partial charge in [-0.3, -0.25) is 4.79 Å². The Morgan fingerprint density at radius 3 is 2.52 bits per heavy atom. The monoisotopic (exact) mass is 352 g/mol.